The Bertz CT molecular complexity index is 310. The average molecular weight is 244 g/mol. The Morgan fingerprint density at radius 1 is 1.38 bits per heavy atom. The van der Waals surface area contributed by atoms with Crippen molar-refractivity contribution in [2.75, 3.05) is 13.2 Å². The first-order valence-electron chi connectivity index (χ1n) is 4.13. The standard InChI is InChI=1S/C9H10BrNO2/c1-6-7(10)2-3-8(11-6)9-12-4-5-13-9/h2-3,9H,4-5H2,1H3. The molecule has 3 nitrogen and oxygen atoms in total. The molecule has 0 atom stereocenters. The van der Waals surface area contributed by atoms with Crippen LogP contribution in [-0.4, -0.2) is 18.2 Å². The lowest BCUT2D eigenvalue weighted by Crippen LogP contribution is -2.02. The lowest BCUT2D eigenvalue weighted by molar-refractivity contribution is -0.0473. The van der Waals surface area contributed by atoms with E-state index in [-0.39, 0.29) is 6.29 Å². The van der Waals surface area contributed by atoms with Crippen LogP contribution in [0.25, 0.3) is 0 Å². The van der Waals surface area contributed by atoms with E-state index >= 15 is 0 Å². The van der Waals surface area contributed by atoms with Crippen LogP contribution in [0.3, 0.4) is 0 Å². The van der Waals surface area contributed by atoms with E-state index in [2.05, 4.69) is 20.9 Å². The van der Waals surface area contributed by atoms with Crippen molar-refractivity contribution in [1.82, 2.24) is 4.98 Å². The van der Waals surface area contributed by atoms with Gasteiger partial charge in [-0.3, -0.25) is 4.98 Å². The first-order valence-corrected chi connectivity index (χ1v) is 4.93. The summed E-state index contributed by atoms with van der Waals surface area (Å²) in [5.41, 5.74) is 1.80. The molecule has 0 saturated carbocycles. The third kappa shape index (κ3) is 1.90. The maximum atomic E-state index is 5.33. The lowest BCUT2D eigenvalue weighted by atomic mass is 10.3. The summed E-state index contributed by atoms with van der Waals surface area (Å²) >= 11 is 3.39. The summed E-state index contributed by atoms with van der Waals surface area (Å²) in [5.74, 6) is 0. The smallest absolute Gasteiger partial charge is 0.201 e. The molecule has 0 radical (unpaired) electrons. The van der Waals surface area contributed by atoms with Gasteiger partial charge < -0.3 is 9.47 Å². The Kier molecular flexibility index (Phi) is 2.62. The summed E-state index contributed by atoms with van der Waals surface area (Å²) in [7, 11) is 0. The van der Waals surface area contributed by atoms with Gasteiger partial charge in [0.1, 0.15) is 0 Å². The van der Waals surface area contributed by atoms with Gasteiger partial charge in [0.15, 0.2) is 0 Å². The first kappa shape index (κ1) is 9.12. The van der Waals surface area contributed by atoms with E-state index in [0.717, 1.165) is 15.9 Å². The molecule has 4 heteroatoms. The van der Waals surface area contributed by atoms with Crippen LogP contribution in [0.4, 0.5) is 0 Å². The van der Waals surface area contributed by atoms with Crippen molar-refractivity contribution in [2.45, 2.75) is 13.2 Å². The number of nitrogens with zero attached hydrogens (tertiary/aromatic N) is 1. The fourth-order valence-electron chi connectivity index (χ4n) is 1.22. The SMILES string of the molecule is Cc1nc(C2OCCO2)ccc1Br. The van der Waals surface area contributed by atoms with Gasteiger partial charge in [0, 0.05) is 4.47 Å². The van der Waals surface area contributed by atoms with E-state index in [4.69, 9.17) is 9.47 Å². The second-order valence-electron chi connectivity index (χ2n) is 2.88. The van der Waals surface area contributed by atoms with Crippen molar-refractivity contribution in [1.29, 1.82) is 0 Å². The largest absolute Gasteiger partial charge is 0.345 e. The van der Waals surface area contributed by atoms with E-state index < -0.39 is 0 Å². The van der Waals surface area contributed by atoms with Crippen molar-refractivity contribution < 1.29 is 9.47 Å². The summed E-state index contributed by atoms with van der Waals surface area (Å²) in [6.07, 6.45) is -0.271. The van der Waals surface area contributed by atoms with E-state index in [0.29, 0.717) is 13.2 Å². The maximum absolute atomic E-state index is 5.33. The predicted molar refractivity (Wildman–Crippen MR) is 51.3 cm³/mol. The molecule has 0 amide bonds. The minimum absolute atomic E-state index is 0.271. The van der Waals surface area contributed by atoms with Gasteiger partial charge in [0.05, 0.1) is 24.6 Å². The number of ether oxygens (including phenoxy) is 2. The second-order valence-corrected chi connectivity index (χ2v) is 3.73. The normalized spacial score (nSPS) is 18.0. The van der Waals surface area contributed by atoms with Crippen LogP contribution < -0.4 is 0 Å². The highest BCUT2D eigenvalue weighted by Gasteiger charge is 2.19. The van der Waals surface area contributed by atoms with Gasteiger partial charge in [-0.2, -0.15) is 0 Å². The minimum atomic E-state index is -0.271. The number of aryl methyl sites for hydroxylation is 1. The maximum Gasteiger partial charge on any atom is 0.201 e. The molecule has 0 unspecified atom stereocenters. The molecule has 1 aromatic rings. The van der Waals surface area contributed by atoms with E-state index in [1.807, 2.05) is 19.1 Å². The molecular weight excluding hydrogens is 234 g/mol. The van der Waals surface area contributed by atoms with Crippen molar-refractivity contribution in [3.8, 4) is 0 Å². The molecule has 13 heavy (non-hydrogen) atoms. The van der Waals surface area contributed by atoms with Crippen LogP contribution in [0, 0.1) is 6.92 Å². The molecule has 0 aromatic carbocycles. The summed E-state index contributed by atoms with van der Waals surface area (Å²) < 4.78 is 11.7. The molecule has 0 spiro atoms. The molecule has 1 saturated heterocycles. The third-order valence-electron chi connectivity index (χ3n) is 1.91. The van der Waals surface area contributed by atoms with E-state index in [1.54, 1.807) is 0 Å². The van der Waals surface area contributed by atoms with Gasteiger partial charge in [0.25, 0.3) is 0 Å². The monoisotopic (exact) mass is 243 g/mol. The molecule has 1 aromatic heterocycles. The van der Waals surface area contributed by atoms with E-state index in [1.165, 1.54) is 0 Å². The van der Waals surface area contributed by atoms with Crippen LogP contribution in [0.2, 0.25) is 0 Å². The number of rotatable bonds is 1. The number of hydrogen-bond acceptors (Lipinski definition) is 3. The van der Waals surface area contributed by atoms with Crippen molar-refractivity contribution >= 4 is 15.9 Å². The molecule has 1 aliphatic rings. The summed E-state index contributed by atoms with van der Waals surface area (Å²) in [4.78, 5) is 4.36. The number of aromatic nitrogens is 1. The average Bonchev–Trinajstić information content (AvgIpc) is 2.62. The predicted octanol–water partition coefficient (Wildman–Crippen LogP) is 2.20. The number of halogens is 1. The number of hydrogen-bond donors (Lipinski definition) is 0. The molecule has 1 aliphatic heterocycles. The fraction of sp³-hybridized carbons (Fsp3) is 0.444. The molecule has 0 N–H and O–H groups in total. The molecule has 0 aliphatic carbocycles. The zero-order chi connectivity index (χ0) is 9.26. The van der Waals surface area contributed by atoms with Crippen molar-refractivity contribution in [3.63, 3.8) is 0 Å². The summed E-state index contributed by atoms with van der Waals surface area (Å²) in [6, 6.07) is 3.87. The quantitative estimate of drug-likeness (QED) is 0.758. The zero-order valence-electron chi connectivity index (χ0n) is 7.29. The number of pyridine rings is 1. The highest BCUT2D eigenvalue weighted by molar-refractivity contribution is 9.10. The molecule has 1 fully saturated rings. The highest BCUT2D eigenvalue weighted by atomic mass is 79.9. The van der Waals surface area contributed by atoms with Crippen LogP contribution in [0.1, 0.15) is 17.7 Å². The Labute approximate surface area is 85.2 Å². The van der Waals surface area contributed by atoms with Gasteiger partial charge in [-0.1, -0.05) is 0 Å². The lowest BCUT2D eigenvalue weighted by Gasteiger charge is -2.09. The highest BCUT2D eigenvalue weighted by Crippen LogP contribution is 2.23. The van der Waals surface area contributed by atoms with Crippen LogP contribution in [0.5, 0.6) is 0 Å². The van der Waals surface area contributed by atoms with E-state index in [9.17, 15) is 0 Å². The summed E-state index contributed by atoms with van der Waals surface area (Å²) in [5, 5.41) is 0. The zero-order valence-corrected chi connectivity index (χ0v) is 8.87. The topological polar surface area (TPSA) is 31.4 Å². The second kappa shape index (κ2) is 3.74. The Morgan fingerprint density at radius 2 is 2.08 bits per heavy atom. The minimum Gasteiger partial charge on any atom is -0.345 e. The summed E-state index contributed by atoms with van der Waals surface area (Å²) in [6.45, 7) is 3.26. The molecular formula is C9H10BrNO2. The molecule has 2 heterocycles. The third-order valence-corrected chi connectivity index (χ3v) is 2.74. The van der Waals surface area contributed by atoms with Gasteiger partial charge >= 0.3 is 0 Å². The van der Waals surface area contributed by atoms with Gasteiger partial charge in [-0.15, -0.1) is 0 Å². The van der Waals surface area contributed by atoms with Gasteiger partial charge in [-0.05, 0) is 35.0 Å². The Morgan fingerprint density at radius 3 is 2.69 bits per heavy atom. The van der Waals surface area contributed by atoms with Gasteiger partial charge in [-0.25, -0.2) is 0 Å². The molecule has 70 valence electrons. The fourth-order valence-corrected chi connectivity index (χ4v) is 1.44. The first-order chi connectivity index (χ1) is 6.27. The van der Waals surface area contributed by atoms with Gasteiger partial charge in [0.2, 0.25) is 6.29 Å². The Hall–Kier alpha value is -0.450. The van der Waals surface area contributed by atoms with Crippen molar-refractivity contribution in [2.24, 2.45) is 0 Å². The van der Waals surface area contributed by atoms with Crippen LogP contribution in [-0.2, 0) is 9.47 Å². The molecule has 0 bridgehead atoms. The molecule has 2 rings (SSSR count). The van der Waals surface area contributed by atoms with Crippen molar-refractivity contribution in [3.05, 3.63) is 28.0 Å². The van der Waals surface area contributed by atoms with Crippen LogP contribution >= 0.6 is 15.9 Å². The van der Waals surface area contributed by atoms with Crippen LogP contribution in [0.15, 0.2) is 16.6 Å². The Balaban J connectivity index is 2.25.